The maximum atomic E-state index is 2.55. The van der Waals surface area contributed by atoms with Gasteiger partial charge in [0.2, 0.25) is 0 Å². The van der Waals surface area contributed by atoms with E-state index in [0.717, 1.165) is 32.7 Å². The molecule has 2 heterocycles. The SMILES string of the molecule is Cc1cccc(N2CCN(Cc3cccn3C)CC2)c1C. The summed E-state index contributed by atoms with van der Waals surface area (Å²) in [6, 6.07) is 11.0. The van der Waals surface area contributed by atoms with Gasteiger partial charge in [-0.15, -0.1) is 0 Å². The zero-order chi connectivity index (χ0) is 14.8. The van der Waals surface area contributed by atoms with Crippen molar-refractivity contribution < 1.29 is 0 Å². The molecule has 112 valence electrons. The summed E-state index contributed by atoms with van der Waals surface area (Å²) >= 11 is 0. The lowest BCUT2D eigenvalue weighted by atomic mass is 10.1. The fraction of sp³-hybridized carbons (Fsp3) is 0.444. The molecule has 0 unspecified atom stereocenters. The molecule has 0 amide bonds. The Morgan fingerprint density at radius 1 is 0.952 bits per heavy atom. The van der Waals surface area contributed by atoms with E-state index in [9.17, 15) is 0 Å². The molecular formula is C18H25N3. The Labute approximate surface area is 127 Å². The second kappa shape index (κ2) is 5.94. The van der Waals surface area contributed by atoms with Crippen LogP contribution in [0, 0.1) is 13.8 Å². The van der Waals surface area contributed by atoms with Crippen molar-refractivity contribution in [1.82, 2.24) is 9.47 Å². The lowest BCUT2D eigenvalue weighted by Crippen LogP contribution is -2.46. The van der Waals surface area contributed by atoms with E-state index in [1.54, 1.807) is 0 Å². The van der Waals surface area contributed by atoms with Gasteiger partial charge in [-0.25, -0.2) is 0 Å². The van der Waals surface area contributed by atoms with Gasteiger partial charge in [-0.2, -0.15) is 0 Å². The zero-order valence-electron chi connectivity index (χ0n) is 13.3. The third-order valence-electron chi connectivity index (χ3n) is 4.73. The molecule has 0 bridgehead atoms. The van der Waals surface area contributed by atoms with Crippen LogP contribution in [0.1, 0.15) is 16.8 Å². The van der Waals surface area contributed by atoms with Gasteiger partial charge in [-0.3, -0.25) is 4.90 Å². The maximum absolute atomic E-state index is 2.55. The molecule has 1 aliphatic rings. The predicted molar refractivity (Wildman–Crippen MR) is 88.8 cm³/mol. The van der Waals surface area contributed by atoms with Gasteiger partial charge in [-0.1, -0.05) is 12.1 Å². The Morgan fingerprint density at radius 3 is 2.38 bits per heavy atom. The van der Waals surface area contributed by atoms with Crippen molar-refractivity contribution in [2.24, 2.45) is 7.05 Å². The van der Waals surface area contributed by atoms with Crippen LogP contribution in [0.15, 0.2) is 36.5 Å². The van der Waals surface area contributed by atoms with Gasteiger partial charge < -0.3 is 9.47 Å². The summed E-state index contributed by atoms with van der Waals surface area (Å²) in [6.45, 7) is 10.0. The van der Waals surface area contributed by atoms with Gasteiger partial charge in [0.1, 0.15) is 0 Å². The van der Waals surface area contributed by atoms with Crippen LogP contribution in [-0.4, -0.2) is 35.6 Å². The lowest BCUT2D eigenvalue weighted by Gasteiger charge is -2.37. The van der Waals surface area contributed by atoms with E-state index in [0.29, 0.717) is 0 Å². The first-order valence-corrected chi connectivity index (χ1v) is 7.79. The molecule has 0 saturated carbocycles. The van der Waals surface area contributed by atoms with Crippen molar-refractivity contribution in [2.45, 2.75) is 20.4 Å². The van der Waals surface area contributed by atoms with E-state index in [2.05, 4.69) is 71.8 Å². The van der Waals surface area contributed by atoms with E-state index in [-0.39, 0.29) is 0 Å². The van der Waals surface area contributed by atoms with Crippen LogP contribution in [0.2, 0.25) is 0 Å². The number of aromatic nitrogens is 1. The largest absolute Gasteiger partial charge is 0.369 e. The van der Waals surface area contributed by atoms with E-state index in [1.807, 2.05) is 0 Å². The minimum Gasteiger partial charge on any atom is -0.369 e. The first kappa shape index (κ1) is 14.2. The Hall–Kier alpha value is -1.74. The quantitative estimate of drug-likeness (QED) is 0.858. The van der Waals surface area contributed by atoms with Crippen molar-refractivity contribution in [3.8, 4) is 0 Å². The summed E-state index contributed by atoms with van der Waals surface area (Å²) in [5, 5.41) is 0. The molecular weight excluding hydrogens is 258 g/mol. The number of anilines is 1. The van der Waals surface area contributed by atoms with Gasteiger partial charge in [0, 0.05) is 57.3 Å². The molecule has 0 N–H and O–H groups in total. The smallest absolute Gasteiger partial charge is 0.0399 e. The minimum absolute atomic E-state index is 1.06. The lowest BCUT2D eigenvalue weighted by molar-refractivity contribution is 0.245. The number of hydrogen-bond acceptors (Lipinski definition) is 2. The first-order chi connectivity index (χ1) is 10.1. The normalized spacial score (nSPS) is 16.4. The number of benzene rings is 1. The summed E-state index contributed by atoms with van der Waals surface area (Å²) in [6.07, 6.45) is 2.13. The minimum atomic E-state index is 1.06. The van der Waals surface area contributed by atoms with Crippen LogP contribution in [0.3, 0.4) is 0 Å². The highest BCUT2D eigenvalue weighted by Gasteiger charge is 2.19. The van der Waals surface area contributed by atoms with Crippen molar-refractivity contribution >= 4 is 5.69 Å². The predicted octanol–water partition coefficient (Wildman–Crippen LogP) is 2.96. The number of rotatable bonds is 3. The second-order valence-corrected chi connectivity index (χ2v) is 6.09. The Kier molecular flexibility index (Phi) is 4.02. The Morgan fingerprint density at radius 2 is 1.71 bits per heavy atom. The van der Waals surface area contributed by atoms with Gasteiger partial charge >= 0.3 is 0 Å². The summed E-state index contributed by atoms with van der Waals surface area (Å²) in [4.78, 5) is 5.08. The van der Waals surface area contributed by atoms with E-state index in [4.69, 9.17) is 0 Å². The summed E-state index contributed by atoms with van der Waals surface area (Å²) < 4.78 is 2.22. The highest BCUT2D eigenvalue weighted by molar-refractivity contribution is 5.56. The molecule has 3 heteroatoms. The molecule has 0 radical (unpaired) electrons. The summed E-state index contributed by atoms with van der Waals surface area (Å²) in [5.74, 6) is 0. The van der Waals surface area contributed by atoms with Crippen molar-refractivity contribution in [2.75, 3.05) is 31.1 Å². The average molecular weight is 283 g/mol. The fourth-order valence-electron chi connectivity index (χ4n) is 3.11. The van der Waals surface area contributed by atoms with Crippen LogP contribution in [0.5, 0.6) is 0 Å². The molecule has 1 saturated heterocycles. The van der Waals surface area contributed by atoms with E-state index < -0.39 is 0 Å². The average Bonchev–Trinajstić information content (AvgIpc) is 2.88. The second-order valence-electron chi connectivity index (χ2n) is 6.09. The molecule has 0 aliphatic carbocycles. The molecule has 1 aliphatic heterocycles. The topological polar surface area (TPSA) is 11.4 Å². The molecule has 3 nitrogen and oxygen atoms in total. The third kappa shape index (κ3) is 2.98. The van der Waals surface area contributed by atoms with Crippen molar-refractivity contribution in [3.63, 3.8) is 0 Å². The standard InChI is InChI=1S/C18H25N3/c1-15-6-4-8-18(16(15)2)21-12-10-20(11-13-21)14-17-7-5-9-19(17)3/h4-9H,10-14H2,1-3H3. The van der Waals surface area contributed by atoms with Gasteiger partial charge in [-0.05, 0) is 43.2 Å². The molecule has 1 aromatic heterocycles. The highest BCUT2D eigenvalue weighted by Crippen LogP contribution is 2.24. The van der Waals surface area contributed by atoms with Gasteiger partial charge in [0.15, 0.2) is 0 Å². The Balaban J connectivity index is 1.63. The molecule has 2 aromatic rings. The Bertz CT molecular complexity index is 607. The summed E-state index contributed by atoms with van der Waals surface area (Å²) in [5.41, 5.74) is 5.62. The van der Waals surface area contributed by atoms with E-state index >= 15 is 0 Å². The maximum Gasteiger partial charge on any atom is 0.0399 e. The van der Waals surface area contributed by atoms with Crippen molar-refractivity contribution in [1.29, 1.82) is 0 Å². The van der Waals surface area contributed by atoms with Crippen LogP contribution in [0.4, 0.5) is 5.69 Å². The monoisotopic (exact) mass is 283 g/mol. The first-order valence-electron chi connectivity index (χ1n) is 7.79. The zero-order valence-corrected chi connectivity index (χ0v) is 13.3. The molecule has 3 rings (SSSR count). The molecule has 1 fully saturated rings. The number of nitrogens with zero attached hydrogens (tertiary/aromatic N) is 3. The fourth-order valence-corrected chi connectivity index (χ4v) is 3.11. The summed E-state index contributed by atoms with van der Waals surface area (Å²) in [7, 11) is 2.13. The molecule has 21 heavy (non-hydrogen) atoms. The highest BCUT2D eigenvalue weighted by atomic mass is 15.3. The van der Waals surface area contributed by atoms with Crippen molar-refractivity contribution in [3.05, 3.63) is 53.3 Å². The number of aryl methyl sites for hydroxylation is 2. The number of piperazine rings is 1. The van der Waals surface area contributed by atoms with Gasteiger partial charge in [0.05, 0.1) is 0 Å². The van der Waals surface area contributed by atoms with Gasteiger partial charge in [0.25, 0.3) is 0 Å². The van der Waals surface area contributed by atoms with Crippen LogP contribution < -0.4 is 4.90 Å². The van der Waals surface area contributed by atoms with Crippen LogP contribution in [0.25, 0.3) is 0 Å². The van der Waals surface area contributed by atoms with Crippen LogP contribution in [-0.2, 0) is 13.6 Å². The van der Waals surface area contributed by atoms with E-state index in [1.165, 1.54) is 22.5 Å². The van der Waals surface area contributed by atoms with Crippen LogP contribution >= 0.6 is 0 Å². The third-order valence-corrected chi connectivity index (χ3v) is 4.73. The molecule has 1 aromatic carbocycles. The molecule has 0 spiro atoms. The number of hydrogen-bond donors (Lipinski definition) is 0. The molecule has 0 atom stereocenters.